The van der Waals surface area contributed by atoms with Crippen LogP contribution in [0.15, 0.2) is 24.3 Å². The molecule has 1 saturated heterocycles. The predicted molar refractivity (Wildman–Crippen MR) is 100 cm³/mol. The van der Waals surface area contributed by atoms with Gasteiger partial charge in [0.05, 0.1) is 6.54 Å². The molecular weight excluding hydrogens is 332 g/mol. The lowest BCUT2D eigenvalue weighted by Gasteiger charge is -2.30. The average molecular weight is 362 g/mol. The molecule has 6 heteroatoms. The first kappa shape index (κ1) is 20.1. The summed E-state index contributed by atoms with van der Waals surface area (Å²) in [6.45, 7) is 8.89. The number of aryl methyl sites for hydroxylation is 1. The maximum Gasteiger partial charge on any atom is 0.410 e. The van der Waals surface area contributed by atoms with E-state index in [0.29, 0.717) is 26.1 Å². The molecule has 0 N–H and O–H groups in total. The van der Waals surface area contributed by atoms with Gasteiger partial charge in [0.2, 0.25) is 5.91 Å². The van der Waals surface area contributed by atoms with Crippen LogP contribution in [0.1, 0.15) is 39.2 Å². The van der Waals surface area contributed by atoms with Gasteiger partial charge >= 0.3 is 6.09 Å². The number of hydrogen-bond donors (Lipinski definition) is 0. The molecule has 0 aliphatic carbocycles. The van der Waals surface area contributed by atoms with E-state index in [1.54, 1.807) is 16.8 Å². The lowest BCUT2D eigenvalue weighted by Crippen LogP contribution is -2.48. The standard InChI is InChI=1S/C20H30N2O4/c1-15-9-6-7-11-17(15)25-14-13-21(5)18(23)16-10-8-12-22(16)19(24)26-20(2,3)4/h6-7,9,11,16H,8,10,12-14H2,1-5H3. The van der Waals surface area contributed by atoms with Gasteiger partial charge in [0.15, 0.2) is 0 Å². The first-order valence-electron chi connectivity index (χ1n) is 9.12. The molecule has 1 aromatic rings. The first-order valence-corrected chi connectivity index (χ1v) is 9.12. The Hall–Kier alpha value is -2.24. The summed E-state index contributed by atoms with van der Waals surface area (Å²) < 4.78 is 11.2. The Balaban J connectivity index is 1.88. The zero-order chi connectivity index (χ0) is 19.3. The van der Waals surface area contributed by atoms with E-state index in [4.69, 9.17) is 9.47 Å². The van der Waals surface area contributed by atoms with Crippen molar-refractivity contribution in [2.24, 2.45) is 0 Å². The third-order valence-corrected chi connectivity index (χ3v) is 4.32. The molecule has 1 aliphatic heterocycles. The van der Waals surface area contributed by atoms with E-state index in [1.165, 1.54) is 0 Å². The van der Waals surface area contributed by atoms with Crippen LogP contribution in [0.5, 0.6) is 5.75 Å². The average Bonchev–Trinajstić information content (AvgIpc) is 3.04. The lowest BCUT2D eigenvalue weighted by molar-refractivity contribution is -0.134. The number of likely N-dealkylation sites (N-methyl/N-ethyl adjacent to an activating group) is 1. The molecule has 6 nitrogen and oxygen atoms in total. The van der Waals surface area contributed by atoms with Crippen LogP contribution in [0.4, 0.5) is 4.79 Å². The SMILES string of the molecule is Cc1ccccc1OCCN(C)C(=O)C1CCCN1C(=O)OC(C)(C)C. The number of ether oxygens (including phenoxy) is 2. The van der Waals surface area contributed by atoms with Gasteiger partial charge in [-0.3, -0.25) is 9.69 Å². The van der Waals surface area contributed by atoms with E-state index in [9.17, 15) is 9.59 Å². The molecule has 0 aromatic heterocycles. The highest BCUT2D eigenvalue weighted by Crippen LogP contribution is 2.22. The molecule has 1 aromatic carbocycles. The van der Waals surface area contributed by atoms with E-state index in [0.717, 1.165) is 17.7 Å². The van der Waals surface area contributed by atoms with Crippen molar-refractivity contribution in [1.29, 1.82) is 0 Å². The molecule has 1 heterocycles. The van der Waals surface area contributed by atoms with E-state index in [1.807, 2.05) is 52.0 Å². The van der Waals surface area contributed by atoms with Crippen molar-refractivity contribution in [2.75, 3.05) is 26.7 Å². The topological polar surface area (TPSA) is 59.1 Å². The van der Waals surface area contributed by atoms with Gasteiger partial charge in [-0.2, -0.15) is 0 Å². The Labute approximate surface area is 156 Å². The second kappa shape index (κ2) is 8.43. The maximum absolute atomic E-state index is 12.8. The molecular formula is C20H30N2O4. The summed E-state index contributed by atoms with van der Waals surface area (Å²) >= 11 is 0. The van der Waals surface area contributed by atoms with Gasteiger partial charge in [0.25, 0.3) is 0 Å². The van der Waals surface area contributed by atoms with Crippen molar-refractivity contribution in [3.63, 3.8) is 0 Å². The number of carbonyl (C=O) groups is 2. The summed E-state index contributed by atoms with van der Waals surface area (Å²) in [4.78, 5) is 28.3. The highest BCUT2D eigenvalue weighted by atomic mass is 16.6. The fourth-order valence-corrected chi connectivity index (χ4v) is 2.94. The smallest absolute Gasteiger partial charge is 0.410 e. The van der Waals surface area contributed by atoms with Gasteiger partial charge < -0.3 is 14.4 Å². The molecule has 0 bridgehead atoms. The molecule has 144 valence electrons. The Morgan fingerprint density at radius 3 is 2.62 bits per heavy atom. The summed E-state index contributed by atoms with van der Waals surface area (Å²) in [6, 6.07) is 7.34. The van der Waals surface area contributed by atoms with Crippen molar-refractivity contribution in [2.45, 2.75) is 52.2 Å². The molecule has 1 unspecified atom stereocenters. The zero-order valence-corrected chi connectivity index (χ0v) is 16.4. The minimum Gasteiger partial charge on any atom is -0.491 e. The van der Waals surface area contributed by atoms with Crippen molar-refractivity contribution >= 4 is 12.0 Å². The van der Waals surface area contributed by atoms with Crippen LogP contribution in [-0.4, -0.2) is 60.2 Å². The number of benzene rings is 1. The van der Waals surface area contributed by atoms with Crippen molar-refractivity contribution < 1.29 is 19.1 Å². The van der Waals surface area contributed by atoms with Crippen LogP contribution in [0.2, 0.25) is 0 Å². The third kappa shape index (κ3) is 5.38. The quantitative estimate of drug-likeness (QED) is 0.807. The molecule has 1 fully saturated rings. The van der Waals surface area contributed by atoms with E-state index < -0.39 is 17.7 Å². The third-order valence-electron chi connectivity index (χ3n) is 4.32. The summed E-state index contributed by atoms with van der Waals surface area (Å²) in [7, 11) is 1.75. The summed E-state index contributed by atoms with van der Waals surface area (Å²) in [6.07, 6.45) is 1.06. The number of nitrogens with zero attached hydrogens (tertiary/aromatic N) is 2. The van der Waals surface area contributed by atoms with Crippen LogP contribution in [-0.2, 0) is 9.53 Å². The fraction of sp³-hybridized carbons (Fsp3) is 0.600. The Morgan fingerprint density at radius 2 is 1.96 bits per heavy atom. The summed E-state index contributed by atoms with van der Waals surface area (Å²) in [5.74, 6) is 0.756. The number of hydrogen-bond acceptors (Lipinski definition) is 4. The molecule has 1 atom stereocenters. The maximum atomic E-state index is 12.8. The van der Waals surface area contributed by atoms with E-state index in [-0.39, 0.29) is 5.91 Å². The number of likely N-dealkylation sites (tertiary alicyclic amines) is 1. The highest BCUT2D eigenvalue weighted by Gasteiger charge is 2.37. The highest BCUT2D eigenvalue weighted by molar-refractivity contribution is 5.86. The van der Waals surface area contributed by atoms with Gasteiger partial charge in [-0.05, 0) is 52.2 Å². The van der Waals surface area contributed by atoms with E-state index >= 15 is 0 Å². The van der Waals surface area contributed by atoms with Crippen molar-refractivity contribution in [1.82, 2.24) is 9.80 Å². The molecule has 2 rings (SSSR count). The number of amides is 2. The van der Waals surface area contributed by atoms with Crippen LogP contribution >= 0.6 is 0 Å². The molecule has 1 aliphatic rings. The Bertz CT molecular complexity index is 639. The largest absolute Gasteiger partial charge is 0.491 e. The van der Waals surface area contributed by atoms with Gasteiger partial charge in [-0.15, -0.1) is 0 Å². The second-order valence-electron chi connectivity index (χ2n) is 7.71. The van der Waals surface area contributed by atoms with Gasteiger partial charge in [0.1, 0.15) is 24.0 Å². The Morgan fingerprint density at radius 1 is 1.27 bits per heavy atom. The fourth-order valence-electron chi connectivity index (χ4n) is 2.94. The monoisotopic (exact) mass is 362 g/mol. The summed E-state index contributed by atoms with van der Waals surface area (Å²) in [5, 5.41) is 0. The normalized spacial score (nSPS) is 17.1. The van der Waals surface area contributed by atoms with E-state index in [2.05, 4.69) is 0 Å². The number of para-hydroxylation sites is 1. The van der Waals surface area contributed by atoms with Gasteiger partial charge in [0, 0.05) is 13.6 Å². The molecule has 2 amide bonds. The second-order valence-corrected chi connectivity index (χ2v) is 7.71. The van der Waals surface area contributed by atoms with Crippen molar-refractivity contribution in [3.05, 3.63) is 29.8 Å². The molecule has 0 saturated carbocycles. The lowest BCUT2D eigenvalue weighted by atomic mass is 10.2. The van der Waals surface area contributed by atoms with Crippen LogP contribution in [0, 0.1) is 6.92 Å². The predicted octanol–water partition coefficient (Wildman–Crippen LogP) is 3.23. The zero-order valence-electron chi connectivity index (χ0n) is 16.4. The van der Waals surface area contributed by atoms with Gasteiger partial charge in [-0.25, -0.2) is 4.79 Å². The molecule has 0 radical (unpaired) electrons. The van der Waals surface area contributed by atoms with Gasteiger partial charge in [-0.1, -0.05) is 18.2 Å². The Kier molecular flexibility index (Phi) is 6.51. The number of carbonyl (C=O) groups excluding carboxylic acids is 2. The van der Waals surface area contributed by atoms with Crippen LogP contribution < -0.4 is 4.74 Å². The minimum atomic E-state index is -0.569. The first-order chi connectivity index (χ1) is 12.2. The van der Waals surface area contributed by atoms with Crippen LogP contribution in [0.3, 0.4) is 0 Å². The van der Waals surface area contributed by atoms with Crippen LogP contribution in [0.25, 0.3) is 0 Å². The number of rotatable bonds is 5. The minimum absolute atomic E-state index is 0.0678. The molecule has 26 heavy (non-hydrogen) atoms. The van der Waals surface area contributed by atoms with Crippen molar-refractivity contribution in [3.8, 4) is 5.75 Å². The molecule has 0 spiro atoms. The summed E-state index contributed by atoms with van der Waals surface area (Å²) in [5.41, 5.74) is 0.494.